The first-order valence-corrected chi connectivity index (χ1v) is 8.11. The SMILES string of the molecule is COC(=O)COc1ccc(/C=N\NC(=O)C(=O)NC[C@@H]2CCCO2)cc1. The lowest BCUT2D eigenvalue weighted by Crippen LogP contribution is -2.41. The maximum atomic E-state index is 11.6. The Labute approximate surface area is 150 Å². The van der Waals surface area contributed by atoms with Crippen molar-refractivity contribution in [3.63, 3.8) is 0 Å². The summed E-state index contributed by atoms with van der Waals surface area (Å²) in [5, 5.41) is 6.23. The molecule has 0 spiro atoms. The summed E-state index contributed by atoms with van der Waals surface area (Å²) in [5.41, 5.74) is 2.83. The fraction of sp³-hybridized carbons (Fsp3) is 0.412. The van der Waals surface area contributed by atoms with Gasteiger partial charge < -0.3 is 19.5 Å². The summed E-state index contributed by atoms with van der Waals surface area (Å²) in [6.07, 6.45) is 3.19. The molecule has 140 valence electrons. The van der Waals surface area contributed by atoms with Gasteiger partial charge in [-0.2, -0.15) is 5.10 Å². The number of benzene rings is 1. The monoisotopic (exact) mass is 363 g/mol. The second-order valence-electron chi connectivity index (χ2n) is 5.48. The topological polar surface area (TPSA) is 115 Å². The normalized spacial score (nSPS) is 16.3. The molecule has 1 atom stereocenters. The second kappa shape index (κ2) is 10.1. The molecule has 0 bridgehead atoms. The number of hydrazone groups is 1. The van der Waals surface area contributed by atoms with Crippen molar-refractivity contribution in [3.8, 4) is 5.75 Å². The van der Waals surface area contributed by atoms with Crippen LogP contribution in [0.2, 0.25) is 0 Å². The minimum Gasteiger partial charge on any atom is -0.482 e. The molecule has 2 amide bonds. The molecule has 1 saturated heterocycles. The number of amides is 2. The molecule has 0 aromatic heterocycles. The Bertz CT molecular complexity index is 653. The molecule has 26 heavy (non-hydrogen) atoms. The number of hydrogen-bond acceptors (Lipinski definition) is 7. The lowest BCUT2D eigenvalue weighted by molar-refractivity contribution is -0.142. The maximum absolute atomic E-state index is 11.6. The van der Waals surface area contributed by atoms with Crippen LogP contribution in [0.4, 0.5) is 0 Å². The van der Waals surface area contributed by atoms with E-state index in [1.807, 2.05) is 0 Å². The molecule has 0 radical (unpaired) electrons. The molecule has 1 aromatic rings. The highest BCUT2D eigenvalue weighted by molar-refractivity contribution is 6.35. The predicted molar refractivity (Wildman–Crippen MR) is 91.7 cm³/mol. The molecule has 1 aromatic carbocycles. The molecule has 0 aliphatic carbocycles. The Balaban J connectivity index is 1.71. The number of nitrogens with zero attached hydrogens (tertiary/aromatic N) is 1. The van der Waals surface area contributed by atoms with Crippen molar-refractivity contribution >= 4 is 24.0 Å². The standard InChI is InChI=1S/C17H21N3O6/c1-24-15(21)11-26-13-6-4-12(5-7-13)9-19-20-17(23)16(22)18-10-14-3-2-8-25-14/h4-7,9,14H,2-3,8,10-11H2,1H3,(H,18,22)(H,20,23)/b19-9-/t14-/m0/s1. The fourth-order valence-electron chi connectivity index (χ4n) is 2.16. The van der Waals surface area contributed by atoms with Crippen molar-refractivity contribution < 1.29 is 28.6 Å². The van der Waals surface area contributed by atoms with E-state index < -0.39 is 17.8 Å². The van der Waals surface area contributed by atoms with Crippen LogP contribution in [0.1, 0.15) is 18.4 Å². The van der Waals surface area contributed by atoms with Crippen LogP contribution < -0.4 is 15.5 Å². The third kappa shape index (κ3) is 6.52. The molecular formula is C17H21N3O6. The van der Waals surface area contributed by atoms with E-state index in [2.05, 4.69) is 20.6 Å². The summed E-state index contributed by atoms with van der Waals surface area (Å²) in [6, 6.07) is 6.64. The van der Waals surface area contributed by atoms with E-state index in [9.17, 15) is 14.4 Å². The summed E-state index contributed by atoms with van der Waals surface area (Å²) in [5.74, 6) is -1.59. The van der Waals surface area contributed by atoms with E-state index in [-0.39, 0.29) is 12.7 Å². The second-order valence-corrected chi connectivity index (χ2v) is 5.48. The first-order valence-electron chi connectivity index (χ1n) is 8.11. The van der Waals surface area contributed by atoms with Gasteiger partial charge in [0.15, 0.2) is 6.61 Å². The predicted octanol–water partition coefficient (Wildman–Crippen LogP) is -0.0163. The number of carbonyl (C=O) groups excluding carboxylic acids is 3. The highest BCUT2D eigenvalue weighted by Crippen LogP contribution is 2.11. The van der Waals surface area contributed by atoms with Crippen LogP contribution >= 0.6 is 0 Å². The average Bonchev–Trinajstić information content (AvgIpc) is 3.18. The molecule has 9 nitrogen and oxygen atoms in total. The van der Waals surface area contributed by atoms with Crippen molar-refractivity contribution in [3.05, 3.63) is 29.8 Å². The molecule has 2 rings (SSSR count). The van der Waals surface area contributed by atoms with Gasteiger partial charge in [0.1, 0.15) is 5.75 Å². The molecular weight excluding hydrogens is 342 g/mol. The van der Waals surface area contributed by atoms with Crippen LogP contribution in [0.25, 0.3) is 0 Å². The number of ether oxygens (including phenoxy) is 3. The van der Waals surface area contributed by atoms with Crippen molar-refractivity contribution in [2.45, 2.75) is 18.9 Å². The lowest BCUT2D eigenvalue weighted by Gasteiger charge is -2.09. The van der Waals surface area contributed by atoms with Crippen molar-refractivity contribution in [1.82, 2.24) is 10.7 Å². The number of methoxy groups -OCH3 is 1. The van der Waals surface area contributed by atoms with E-state index in [0.29, 0.717) is 24.5 Å². The van der Waals surface area contributed by atoms with Gasteiger partial charge in [-0.25, -0.2) is 10.2 Å². The summed E-state index contributed by atoms with van der Waals surface area (Å²) in [6.45, 7) is 0.813. The van der Waals surface area contributed by atoms with E-state index in [1.165, 1.54) is 13.3 Å². The molecule has 9 heteroatoms. The van der Waals surface area contributed by atoms with Crippen molar-refractivity contribution in [2.75, 3.05) is 26.9 Å². The summed E-state index contributed by atoms with van der Waals surface area (Å²) < 4.78 is 15.0. The smallest absolute Gasteiger partial charge is 0.343 e. The van der Waals surface area contributed by atoms with Crippen LogP contribution in [-0.4, -0.2) is 57.0 Å². The largest absolute Gasteiger partial charge is 0.482 e. The van der Waals surface area contributed by atoms with E-state index >= 15 is 0 Å². The Morgan fingerprint density at radius 3 is 2.69 bits per heavy atom. The van der Waals surface area contributed by atoms with Crippen LogP contribution in [0.15, 0.2) is 29.4 Å². The molecule has 1 aliphatic heterocycles. The molecule has 1 fully saturated rings. The number of rotatable bonds is 7. The van der Waals surface area contributed by atoms with Gasteiger partial charge in [0.25, 0.3) is 0 Å². The zero-order valence-electron chi connectivity index (χ0n) is 14.4. The molecule has 0 unspecified atom stereocenters. The van der Waals surface area contributed by atoms with Crippen molar-refractivity contribution in [1.29, 1.82) is 0 Å². The Morgan fingerprint density at radius 1 is 1.27 bits per heavy atom. The number of nitrogens with one attached hydrogen (secondary N) is 2. The van der Waals surface area contributed by atoms with Crippen LogP contribution in [0, 0.1) is 0 Å². The number of hydrogen-bond donors (Lipinski definition) is 2. The highest BCUT2D eigenvalue weighted by Gasteiger charge is 2.18. The molecule has 1 aliphatic rings. The van der Waals surface area contributed by atoms with Gasteiger partial charge in [0.05, 0.1) is 19.4 Å². The Kier molecular flexibility index (Phi) is 7.56. The van der Waals surface area contributed by atoms with Gasteiger partial charge in [0, 0.05) is 13.2 Å². The van der Waals surface area contributed by atoms with E-state index in [4.69, 9.17) is 9.47 Å². The van der Waals surface area contributed by atoms with Crippen molar-refractivity contribution in [2.24, 2.45) is 5.10 Å². The fourth-order valence-corrected chi connectivity index (χ4v) is 2.16. The average molecular weight is 363 g/mol. The van der Waals surface area contributed by atoms with Gasteiger partial charge in [-0.15, -0.1) is 0 Å². The minimum absolute atomic E-state index is 0.0323. The summed E-state index contributed by atoms with van der Waals surface area (Å²) in [7, 11) is 1.28. The third-order valence-corrected chi connectivity index (χ3v) is 3.56. The zero-order chi connectivity index (χ0) is 18.8. The maximum Gasteiger partial charge on any atom is 0.343 e. The van der Waals surface area contributed by atoms with E-state index in [1.54, 1.807) is 24.3 Å². The molecule has 0 saturated carbocycles. The number of carbonyl (C=O) groups is 3. The van der Waals surface area contributed by atoms with Crippen LogP contribution in [-0.2, 0) is 23.9 Å². The molecule has 1 heterocycles. The zero-order valence-corrected chi connectivity index (χ0v) is 14.4. The summed E-state index contributed by atoms with van der Waals surface area (Å²) >= 11 is 0. The lowest BCUT2D eigenvalue weighted by atomic mass is 10.2. The van der Waals surface area contributed by atoms with Crippen LogP contribution in [0.3, 0.4) is 0 Å². The minimum atomic E-state index is -0.850. The Hall–Kier alpha value is -2.94. The Morgan fingerprint density at radius 2 is 2.04 bits per heavy atom. The number of esters is 1. The van der Waals surface area contributed by atoms with Gasteiger partial charge in [-0.05, 0) is 42.7 Å². The van der Waals surface area contributed by atoms with Gasteiger partial charge in [-0.1, -0.05) is 0 Å². The summed E-state index contributed by atoms with van der Waals surface area (Å²) in [4.78, 5) is 34.2. The highest BCUT2D eigenvalue weighted by atomic mass is 16.6. The third-order valence-electron chi connectivity index (χ3n) is 3.56. The van der Waals surface area contributed by atoms with E-state index in [0.717, 1.165) is 12.8 Å². The van der Waals surface area contributed by atoms with Crippen LogP contribution in [0.5, 0.6) is 5.75 Å². The first-order chi connectivity index (χ1) is 12.6. The molecule has 2 N–H and O–H groups in total. The van der Waals surface area contributed by atoms with Gasteiger partial charge >= 0.3 is 17.8 Å². The van der Waals surface area contributed by atoms with Gasteiger partial charge in [0.2, 0.25) is 0 Å². The van der Waals surface area contributed by atoms with Gasteiger partial charge in [-0.3, -0.25) is 9.59 Å². The quantitative estimate of drug-likeness (QED) is 0.305. The first kappa shape index (κ1) is 19.4.